The van der Waals surface area contributed by atoms with Gasteiger partial charge in [0, 0.05) is 38.8 Å². The molecule has 5 nitrogen and oxygen atoms in total. The van der Waals surface area contributed by atoms with E-state index in [4.69, 9.17) is 15.2 Å². The van der Waals surface area contributed by atoms with Crippen LogP contribution >= 0.6 is 0 Å². The van der Waals surface area contributed by atoms with Gasteiger partial charge in [0.15, 0.2) is 0 Å². The van der Waals surface area contributed by atoms with Crippen molar-refractivity contribution in [3.63, 3.8) is 0 Å². The Bertz CT molecular complexity index is 641. The quantitative estimate of drug-likeness (QED) is 0.694. The predicted molar refractivity (Wildman–Crippen MR) is 93.9 cm³/mol. The van der Waals surface area contributed by atoms with Crippen molar-refractivity contribution in [2.24, 2.45) is 5.73 Å². The van der Waals surface area contributed by atoms with E-state index in [2.05, 4.69) is 5.32 Å². The van der Waals surface area contributed by atoms with Gasteiger partial charge in [-0.3, -0.25) is 4.79 Å². The second-order valence-electron chi connectivity index (χ2n) is 5.43. The van der Waals surface area contributed by atoms with Gasteiger partial charge in [0.25, 0.3) is 5.91 Å². The number of amides is 1. The van der Waals surface area contributed by atoms with Gasteiger partial charge < -0.3 is 20.5 Å². The molecule has 0 saturated heterocycles. The summed E-state index contributed by atoms with van der Waals surface area (Å²) in [5.41, 5.74) is 8.18. The maximum absolute atomic E-state index is 12.2. The van der Waals surface area contributed by atoms with Crippen LogP contribution in [-0.4, -0.2) is 26.2 Å². The number of hydrogen-bond acceptors (Lipinski definition) is 4. The molecular formula is C19H24N2O3. The van der Waals surface area contributed by atoms with Crippen LogP contribution in [0.1, 0.15) is 27.9 Å². The molecule has 128 valence electrons. The molecule has 0 saturated carbocycles. The summed E-state index contributed by atoms with van der Waals surface area (Å²) in [6.45, 7) is 2.21. The van der Waals surface area contributed by atoms with E-state index in [1.165, 1.54) is 0 Å². The monoisotopic (exact) mass is 328 g/mol. The van der Waals surface area contributed by atoms with Gasteiger partial charge in [-0.15, -0.1) is 0 Å². The van der Waals surface area contributed by atoms with Gasteiger partial charge in [0.05, 0.1) is 6.61 Å². The number of nitrogens with one attached hydrogen (secondary N) is 1. The Labute approximate surface area is 142 Å². The summed E-state index contributed by atoms with van der Waals surface area (Å²) in [4.78, 5) is 12.2. The van der Waals surface area contributed by atoms with Gasteiger partial charge in [-0.1, -0.05) is 24.3 Å². The molecule has 0 aromatic heterocycles. The fourth-order valence-corrected chi connectivity index (χ4v) is 2.22. The first kappa shape index (κ1) is 18.0. The highest BCUT2D eigenvalue weighted by molar-refractivity contribution is 5.94. The molecule has 0 aliphatic heterocycles. The van der Waals surface area contributed by atoms with Gasteiger partial charge >= 0.3 is 0 Å². The number of benzene rings is 2. The maximum Gasteiger partial charge on any atom is 0.251 e. The Morgan fingerprint density at radius 3 is 2.58 bits per heavy atom. The molecular weight excluding hydrogens is 304 g/mol. The van der Waals surface area contributed by atoms with Gasteiger partial charge in [0.2, 0.25) is 0 Å². The first-order chi connectivity index (χ1) is 11.7. The summed E-state index contributed by atoms with van der Waals surface area (Å²) in [6, 6.07) is 15.0. The van der Waals surface area contributed by atoms with E-state index >= 15 is 0 Å². The Kier molecular flexibility index (Phi) is 7.26. The largest absolute Gasteiger partial charge is 0.493 e. The average Bonchev–Trinajstić information content (AvgIpc) is 2.64. The van der Waals surface area contributed by atoms with Crippen molar-refractivity contribution in [3.05, 3.63) is 65.2 Å². The fraction of sp³-hybridized carbons (Fsp3) is 0.316. The van der Waals surface area contributed by atoms with E-state index < -0.39 is 0 Å². The summed E-state index contributed by atoms with van der Waals surface area (Å²) < 4.78 is 10.7. The summed E-state index contributed by atoms with van der Waals surface area (Å²) in [5.74, 6) is 0.690. The average molecular weight is 328 g/mol. The van der Waals surface area contributed by atoms with Crippen LogP contribution < -0.4 is 15.8 Å². The molecule has 3 N–H and O–H groups in total. The lowest BCUT2D eigenvalue weighted by Crippen LogP contribution is -2.22. The van der Waals surface area contributed by atoms with Gasteiger partial charge in [-0.2, -0.15) is 0 Å². The van der Waals surface area contributed by atoms with Crippen LogP contribution in [0.3, 0.4) is 0 Å². The summed E-state index contributed by atoms with van der Waals surface area (Å²) in [5, 5.41) is 2.91. The third-order valence-corrected chi connectivity index (χ3v) is 3.56. The van der Waals surface area contributed by atoms with Crippen LogP contribution in [0.15, 0.2) is 48.5 Å². The molecule has 1 amide bonds. The van der Waals surface area contributed by atoms with Crippen LogP contribution in [0.25, 0.3) is 0 Å². The topological polar surface area (TPSA) is 73.6 Å². The van der Waals surface area contributed by atoms with Crippen LogP contribution in [0.5, 0.6) is 5.75 Å². The number of rotatable bonds is 9. The second kappa shape index (κ2) is 9.70. The van der Waals surface area contributed by atoms with Crippen molar-refractivity contribution in [3.8, 4) is 5.75 Å². The van der Waals surface area contributed by atoms with Crippen molar-refractivity contribution < 1.29 is 14.3 Å². The van der Waals surface area contributed by atoms with E-state index in [0.717, 1.165) is 23.3 Å². The molecule has 0 aliphatic rings. The molecule has 2 aromatic carbocycles. The minimum absolute atomic E-state index is 0.106. The molecule has 0 spiro atoms. The van der Waals surface area contributed by atoms with E-state index in [1.807, 2.05) is 36.4 Å². The highest BCUT2D eigenvalue weighted by atomic mass is 16.5. The Morgan fingerprint density at radius 2 is 1.88 bits per heavy atom. The van der Waals surface area contributed by atoms with E-state index in [-0.39, 0.29) is 5.91 Å². The minimum atomic E-state index is -0.106. The van der Waals surface area contributed by atoms with Crippen molar-refractivity contribution >= 4 is 5.91 Å². The van der Waals surface area contributed by atoms with Crippen molar-refractivity contribution in [2.45, 2.75) is 19.5 Å². The molecule has 0 unspecified atom stereocenters. The lowest BCUT2D eigenvalue weighted by molar-refractivity contribution is 0.0951. The predicted octanol–water partition coefficient (Wildman–Crippen LogP) is 2.49. The second-order valence-corrected chi connectivity index (χ2v) is 5.43. The van der Waals surface area contributed by atoms with E-state index in [0.29, 0.717) is 31.9 Å². The summed E-state index contributed by atoms with van der Waals surface area (Å²) >= 11 is 0. The Hall–Kier alpha value is -2.37. The number of nitrogens with two attached hydrogens (primary N) is 1. The molecule has 0 atom stereocenters. The number of ether oxygens (including phenoxy) is 2. The third kappa shape index (κ3) is 5.68. The third-order valence-electron chi connectivity index (χ3n) is 3.56. The fourth-order valence-electron chi connectivity index (χ4n) is 2.22. The molecule has 24 heavy (non-hydrogen) atoms. The number of hydrogen-bond donors (Lipinski definition) is 2. The van der Waals surface area contributed by atoms with Gasteiger partial charge in [0.1, 0.15) is 5.75 Å². The number of carbonyl (C=O) groups excluding carboxylic acids is 1. The molecule has 0 bridgehead atoms. The first-order valence-corrected chi connectivity index (χ1v) is 8.01. The summed E-state index contributed by atoms with van der Waals surface area (Å²) in [6.07, 6.45) is 0.844. The van der Waals surface area contributed by atoms with Gasteiger partial charge in [-0.25, -0.2) is 0 Å². The molecule has 0 heterocycles. The van der Waals surface area contributed by atoms with Crippen LogP contribution in [0.4, 0.5) is 0 Å². The van der Waals surface area contributed by atoms with E-state index in [9.17, 15) is 4.79 Å². The smallest absolute Gasteiger partial charge is 0.251 e. The standard InChI is InChI=1S/C19H24N2O3/c1-23-10-3-11-24-18-5-2-4-16(12-18)14-21-19(22)17-8-6-15(13-20)7-9-17/h2,4-9,12H,3,10-11,13-14,20H2,1H3,(H,21,22). The van der Waals surface area contributed by atoms with Crippen molar-refractivity contribution in [1.82, 2.24) is 5.32 Å². The van der Waals surface area contributed by atoms with E-state index in [1.54, 1.807) is 19.2 Å². The van der Waals surface area contributed by atoms with Crippen LogP contribution in [0.2, 0.25) is 0 Å². The lowest BCUT2D eigenvalue weighted by atomic mass is 10.1. The Balaban J connectivity index is 1.85. The zero-order valence-electron chi connectivity index (χ0n) is 14.0. The zero-order chi connectivity index (χ0) is 17.2. The number of methoxy groups -OCH3 is 1. The molecule has 2 aromatic rings. The lowest BCUT2D eigenvalue weighted by Gasteiger charge is -2.09. The molecule has 0 fully saturated rings. The summed E-state index contributed by atoms with van der Waals surface area (Å²) in [7, 11) is 1.67. The number of carbonyl (C=O) groups is 1. The van der Waals surface area contributed by atoms with Crippen LogP contribution in [0, 0.1) is 0 Å². The maximum atomic E-state index is 12.2. The minimum Gasteiger partial charge on any atom is -0.493 e. The molecule has 5 heteroatoms. The Morgan fingerprint density at radius 1 is 1.08 bits per heavy atom. The first-order valence-electron chi connectivity index (χ1n) is 8.01. The highest BCUT2D eigenvalue weighted by Crippen LogP contribution is 2.14. The van der Waals surface area contributed by atoms with Crippen molar-refractivity contribution in [2.75, 3.05) is 20.3 Å². The van der Waals surface area contributed by atoms with Crippen molar-refractivity contribution in [1.29, 1.82) is 0 Å². The molecule has 0 aliphatic carbocycles. The van der Waals surface area contributed by atoms with Gasteiger partial charge in [-0.05, 0) is 35.4 Å². The highest BCUT2D eigenvalue weighted by Gasteiger charge is 2.05. The molecule has 2 rings (SSSR count). The van der Waals surface area contributed by atoms with Crippen LogP contribution in [-0.2, 0) is 17.8 Å². The normalized spacial score (nSPS) is 10.4. The SMILES string of the molecule is COCCCOc1cccc(CNC(=O)c2ccc(CN)cc2)c1. The molecule has 0 radical (unpaired) electrons. The zero-order valence-corrected chi connectivity index (χ0v) is 14.0.